The van der Waals surface area contributed by atoms with Gasteiger partial charge in [0.1, 0.15) is 5.82 Å². The number of nitrogens with one attached hydrogen (secondary N) is 1. The summed E-state index contributed by atoms with van der Waals surface area (Å²) in [5.74, 6) is -0.0134. The molecule has 2 aliphatic rings. The van der Waals surface area contributed by atoms with Crippen molar-refractivity contribution >= 4 is 11.7 Å². The number of hydrogen-bond donors (Lipinski definition) is 2. The lowest BCUT2D eigenvalue weighted by Gasteiger charge is -2.32. The largest absolute Gasteiger partial charge is 0.383 e. The van der Waals surface area contributed by atoms with Crippen LogP contribution in [-0.4, -0.2) is 75.8 Å². The number of carbonyl (C=O) groups is 1. The average molecular weight is 580 g/mol. The number of ether oxygens (including phenoxy) is 1. The van der Waals surface area contributed by atoms with Gasteiger partial charge in [-0.15, -0.1) is 0 Å². The number of hydrogen-bond acceptors (Lipinski definition) is 7. The second kappa shape index (κ2) is 13.1. The molecule has 3 heterocycles. The molecule has 0 unspecified atom stereocenters. The first-order chi connectivity index (χ1) is 20.9. The van der Waals surface area contributed by atoms with E-state index in [-0.39, 0.29) is 23.9 Å². The SMILES string of the molecule is CN1CCN(Cc2ccc(-c3ccc(CO[C@H]4CCC[C@H]4NC(=O)c4cc(-c5cnn(C)c5)cnc4N)cc3)cc2)CC1. The number of nitrogen functional groups attached to an aromatic ring is 1. The third kappa shape index (κ3) is 7.13. The van der Waals surface area contributed by atoms with Crippen molar-refractivity contribution in [2.24, 2.45) is 7.05 Å². The van der Waals surface area contributed by atoms with Crippen molar-refractivity contribution in [3.8, 4) is 22.3 Å². The van der Waals surface area contributed by atoms with Crippen molar-refractivity contribution in [1.82, 2.24) is 29.9 Å². The Morgan fingerprint density at radius 3 is 2.28 bits per heavy atom. The topological polar surface area (TPSA) is 102 Å². The highest BCUT2D eigenvalue weighted by atomic mass is 16.5. The minimum Gasteiger partial charge on any atom is -0.383 e. The highest BCUT2D eigenvalue weighted by Crippen LogP contribution is 2.27. The number of piperazine rings is 1. The van der Waals surface area contributed by atoms with Gasteiger partial charge >= 0.3 is 0 Å². The number of aryl methyl sites for hydroxylation is 1. The van der Waals surface area contributed by atoms with Crippen LogP contribution >= 0.6 is 0 Å². The molecule has 0 radical (unpaired) electrons. The van der Waals surface area contributed by atoms with Gasteiger partial charge in [-0.25, -0.2) is 4.98 Å². The molecule has 2 aromatic heterocycles. The van der Waals surface area contributed by atoms with E-state index in [1.165, 1.54) is 16.7 Å². The monoisotopic (exact) mass is 579 g/mol. The van der Waals surface area contributed by atoms with Crippen LogP contribution in [0, 0.1) is 0 Å². The lowest BCUT2D eigenvalue weighted by atomic mass is 10.0. The quantitative estimate of drug-likeness (QED) is 0.304. The second-order valence-electron chi connectivity index (χ2n) is 11.9. The maximum atomic E-state index is 13.2. The van der Waals surface area contributed by atoms with Gasteiger partial charge in [0, 0.05) is 63.3 Å². The number of benzene rings is 2. The fourth-order valence-electron chi connectivity index (χ4n) is 5.99. The van der Waals surface area contributed by atoms with Crippen LogP contribution in [0.3, 0.4) is 0 Å². The zero-order valence-corrected chi connectivity index (χ0v) is 25.1. The molecule has 1 saturated carbocycles. The number of nitrogens with zero attached hydrogens (tertiary/aromatic N) is 5. The molecule has 3 N–H and O–H groups in total. The molecular formula is C34H41N7O2. The number of amides is 1. The first kappa shape index (κ1) is 29.0. The minimum absolute atomic E-state index is 0.0489. The van der Waals surface area contributed by atoms with Gasteiger partial charge in [-0.05, 0) is 54.6 Å². The standard InChI is InChI=1S/C34H41N7O2/c1-39-14-16-41(17-15-39)21-24-6-10-26(11-7-24)27-12-8-25(9-13-27)23-43-32-5-3-4-31(32)38-34(42)30-18-28(19-36-33(30)35)29-20-37-40(2)22-29/h6-13,18-20,22,31-32H,3-5,14-17,21,23H2,1-2H3,(H2,35,36)(H,38,42)/t31-,32+/m1/s1. The highest BCUT2D eigenvalue weighted by molar-refractivity contribution is 5.99. The van der Waals surface area contributed by atoms with Gasteiger partial charge in [-0.1, -0.05) is 48.5 Å². The Labute approximate surface area is 253 Å². The molecule has 0 bridgehead atoms. The third-order valence-electron chi connectivity index (χ3n) is 8.68. The average Bonchev–Trinajstić information content (AvgIpc) is 3.66. The predicted molar refractivity (Wildman–Crippen MR) is 169 cm³/mol. The molecule has 1 amide bonds. The van der Waals surface area contributed by atoms with Crippen LogP contribution in [0.4, 0.5) is 5.82 Å². The first-order valence-corrected chi connectivity index (χ1v) is 15.2. The number of nitrogens with two attached hydrogens (primary N) is 1. The van der Waals surface area contributed by atoms with Crippen molar-refractivity contribution in [3.05, 3.63) is 89.9 Å². The van der Waals surface area contributed by atoms with Crippen LogP contribution in [0.5, 0.6) is 0 Å². The molecule has 4 aromatic rings. The molecule has 2 aromatic carbocycles. The van der Waals surface area contributed by atoms with Gasteiger partial charge in [-0.2, -0.15) is 5.10 Å². The fraction of sp³-hybridized carbons (Fsp3) is 0.382. The van der Waals surface area contributed by atoms with E-state index in [2.05, 4.69) is 80.8 Å². The van der Waals surface area contributed by atoms with E-state index in [0.717, 1.165) is 68.7 Å². The van der Waals surface area contributed by atoms with E-state index < -0.39 is 0 Å². The van der Waals surface area contributed by atoms with Crippen molar-refractivity contribution in [3.63, 3.8) is 0 Å². The summed E-state index contributed by atoms with van der Waals surface area (Å²) < 4.78 is 8.04. The number of aromatic nitrogens is 3. The summed E-state index contributed by atoms with van der Waals surface area (Å²) in [5, 5.41) is 7.37. The molecule has 224 valence electrons. The van der Waals surface area contributed by atoms with Crippen molar-refractivity contribution in [2.45, 2.75) is 44.6 Å². The Hall–Kier alpha value is -4.05. The van der Waals surface area contributed by atoms with Crippen LogP contribution in [0.2, 0.25) is 0 Å². The van der Waals surface area contributed by atoms with Gasteiger partial charge in [-0.3, -0.25) is 14.4 Å². The van der Waals surface area contributed by atoms with Crippen molar-refractivity contribution in [2.75, 3.05) is 39.0 Å². The van der Waals surface area contributed by atoms with Crippen LogP contribution in [0.1, 0.15) is 40.7 Å². The molecular weight excluding hydrogens is 538 g/mol. The zero-order valence-electron chi connectivity index (χ0n) is 25.1. The van der Waals surface area contributed by atoms with Gasteiger partial charge < -0.3 is 20.7 Å². The fourth-order valence-corrected chi connectivity index (χ4v) is 5.99. The predicted octanol–water partition coefficient (Wildman–Crippen LogP) is 4.35. The number of carbonyl (C=O) groups excluding carboxylic acids is 1. The van der Waals surface area contributed by atoms with Gasteiger partial charge in [0.2, 0.25) is 0 Å². The lowest BCUT2D eigenvalue weighted by Crippen LogP contribution is -2.43. The molecule has 2 atom stereocenters. The van der Waals surface area contributed by atoms with Crippen molar-refractivity contribution < 1.29 is 9.53 Å². The Kier molecular flexibility index (Phi) is 8.83. The molecule has 9 heteroatoms. The van der Waals surface area contributed by atoms with E-state index in [1.807, 2.05) is 13.2 Å². The minimum atomic E-state index is -0.227. The lowest BCUT2D eigenvalue weighted by molar-refractivity contribution is 0.0272. The summed E-state index contributed by atoms with van der Waals surface area (Å²) in [6.45, 7) is 6.04. The van der Waals surface area contributed by atoms with E-state index in [0.29, 0.717) is 12.2 Å². The third-order valence-corrected chi connectivity index (χ3v) is 8.68. The Morgan fingerprint density at radius 1 is 0.907 bits per heavy atom. The molecule has 6 rings (SSSR count). The Balaban J connectivity index is 1.02. The summed E-state index contributed by atoms with van der Waals surface area (Å²) in [5.41, 5.74) is 13.0. The zero-order chi connectivity index (χ0) is 29.8. The van der Waals surface area contributed by atoms with E-state index in [9.17, 15) is 4.79 Å². The molecule has 2 fully saturated rings. The molecule has 1 aliphatic heterocycles. The van der Waals surface area contributed by atoms with Crippen LogP contribution in [0.15, 0.2) is 73.2 Å². The smallest absolute Gasteiger partial charge is 0.255 e. The summed E-state index contributed by atoms with van der Waals surface area (Å²) >= 11 is 0. The molecule has 1 saturated heterocycles. The normalized spacial score (nSPS) is 19.5. The molecule has 0 spiro atoms. The second-order valence-corrected chi connectivity index (χ2v) is 11.9. The van der Waals surface area contributed by atoms with Crippen LogP contribution < -0.4 is 11.1 Å². The number of likely N-dealkylation sites (N-methyl/N-ethyl adjacent to an activating group) is 1. The number of pyridine rings is 1. The molecule has 43 heavy (non-hydrogen) atoms. The Morgan fingerprint density at radius 2 is 1.60 bits per heavy atom. The summed E-state index contributed by atoms with van der Waals surface area (Å²) in [7, 11) is 4.04. The van der Waals surface area contributed by atoms with Crippen LogP contribution in [0.25, 0.3) is 22.3 Å². The van der Waals surface area contributed by atoms with E-state index in [4.69, 9.17) is 10.5 Å². The summed E-state index contributed by atoms with van der Waals surface area (Å²) in [6.07, 6.45) is 8.03. The van der Waals surface area contributed by atoms with Gasteiger partial charge in [0.25, 0.3) is 5.91 Å². The Bertz CT molecular complexity index is 1530. The van der Waals surface area contributed by atoms with Gasteiger partial charge in [0.05, 0.1) is 30.5 Å². The van der Waals surface area contributed by atoms with Crippen LogP contribution in [-0.2, 0) is 24.9 Å². The first-order valence-electron chi connectivity index (χ1n) is 15.2. The van der Waals surface area contributed by atoms with Crippen molar-refractivity contribution in [1.29, 1.82) is 0 Å². The molecule has 1 aliphatic carbocycles. The maximum Gasteiger partial charge on any atom is 0.255 e. The summed E-state index contributed by atoms with van der Waals surface area (Å²) in [6, 6.07) is 19.2. The maximum absolute atomic E-state index is 13.2. The summed E-state index contributed by atoms with van der Waals surface area (Å²) in [4.78, 5) is 22.4. The van der Waals surface area contributed by atoms with E-state index in [1.54, 1.807) is 23.1 Å². The highest BCUT2D eigenvalue weighted by Gasteiger charge is 2.30. The number of anilines is 1. The molecule has 9 nitrogen and oxygen atoms in total. The van der Waals surface area contributed by atoms with Gasteiger partial charge in [0.15, 0.2) is 0 Å². The number of rotatable bonds is 9. The van der Waals surface area contributed by atoms with E-state index >= 15 is 0 Å².